The van der Waals surface area contributed by atoms with Crippen LogP contribution in [0, 0.1) is 0 Å². The predicted octanol–water partition coefficient (Wildman–Crippen LogP) is 3.21. The van der Waals surface area contributed by atoms with Crippen LogP contribution in [0.25, 0.3) is 21.8 Å². The Balaban J connectivity index is 1.65. The molecule has 1 aliphatic rings. The number of hydrogen-bond donors (Lipinski definition) is 1. The number of carbonyl (C=O) groups is 1. The minimum absolute atomic E-state index is 0.0532. The van der Waals surface area contributed by atoms with Gasteiger partial charge < -0.3 is 14.8 Å². The molecular formula is C17H13N3O3S. The summed E-state index contributed by atoms with van der Waals surface area (Å²) in [5, 5.41) is 5.66. The van der Waals surface area contributed by atoms with E-state index in [9.17, 15) is 4.79 Å². The van der Waals surface area contributed by atoms with E-state index in [1.54, 1.807) is 13.3 Å². The van der Waals surface area contributed by atoms with Crippen LogP contribution in [0.2, 0.25) is 0 Å². The van der Waals surface area contributed by atoms with Gasteiger partial charge in [-0.2, -0.15) is 0 Å². The lowest BCUT2D eigenvalue weighted by molar-refractivity contribution is -0.118. The van der Waals surface area contributed by atoms with Gasteiger partial charge in [-0.1, -0.05) is 0 Å². The first kappa shape index (κ1) is 14.6. The number of ether oxygens (including phenoxy) is 2. The number of nitrogens with one attached hydrogen (secondary N) is 1. The van der Waals surface area contributed by atoms with E-state index >= 15 is 0 Å². The molecule has 120 valence electrons. The summed E-state index contributed by atoms with van der Waals surface area (Å²) >= 11 is 1.54. The summed E-state index contributed by atoms with van der Waals surface area (Å²) in [4.78, 5) is 20.3. The Morgan fingerprint density at radius 3 is 2.92 bits per heavy atom. The molecular weight excluding hydrogens is 326 g/mol. The Hall–Kier alpha value is -2.93. The lowest BCUT2D eigenvalue weighted by Gasteiger charge is -2.18. The van der Waals surface area contributed by atoms with Gasteiger partial charge >= 0.3 is 0 Å². The molecule has 3 heterocycles. The summed E-state index contributed by atoms with van der Waals surface area (Å²) in [5.41, 5.74) is 3.36. The Kier molecular flexibility index (Phi) is 3.62. The lowest BCUT2D eigenvalue weighted by Crippen LogP contribution is -2.25. The molecule has 6 nitrogen and oxygen atoms in total. The number of amides is 1. The topological polar surface area (TPSA) is 73.3 Å². The molecule has 4 rings (SSSR count). The molecule has 0 bridgehead atoms. The molecule has 1 amide bonds. The molecule has 7 heteroatoms. The van der Waals surface area contributed by atoms with E-state index in [1.165, 1.54) is 11.3 Å². The van der Waals surface area contributed by atoms with Crippen LogP contribution in [-0.4, -0.2) is 29.6 Å². The van der Waals surface area contributed by atoms with Gasteiger partial charge in [0, 0.05) is 28.8 Å². The fourth-order valence-corrected chi connectivity index (χ4v) is 3.23. The molecule has 24 heavy (non-hydrogen) atoms. The van der Waals surface area contributed by atoms with Gasteiger partial charge in [0.05, 0.1) is 18.5 Å². The van der Waals surface area contributed by atoms with E-state index in [4.69, 9.17) is 9.47 Å². The molecule has 0 saturated heterocycles. The average molecular weight is 339 g/mol. The molecule has 0 unspecified atom stereocenters. The van der Waals surface area contributed by atoms with Gasteiger partial charge in [0.15, 0.2) is 6.61 Å². The number of methoxy groups -OCH3 is 1. The largest absolute Gasteiger partial charge is 0.482 e. The third-order valence-electron chi connectivity index (χ3n) is 3.60. The predicted molar refractivity (Wildman–Crippen MR) is 91.5 cm³/mol. The van der Waals surface area contributed by atoms with Crippen molar-refractivity contribution in [3.8, 4) is 33.5 Å². The zero-order valence-electron chi connectivity index (χ0n) is 12.8. The number of pyridine rings is 1. The normalized spacial score (nSPS) is 13.0. The van der Waals surface area contributed by atoms with Crippen LogP contribution in [0.5, 0.6) is 11.6 Å². The first-order valence-corrected chi connectivity index (χ1v) is 8.14. The first-order valence-electron chi connectivity index (χ1n) is 7.26. The molecule has 0 aliphatic carbocycles. The second-order valence-electron chi connectivity index (χ2n) is 5.17. The van der Waals surface area contributed by atoms with Gasteiger partial charge in [0.25, 0.3) is 5.91 Å². The van der Waals surface area contributed by atoms with Crippen molar-refractivity contribution >= 4 is 22.9 Å². The molecule has 0 spiro atoms. The van der Waals surface area contributed by atoms with Crippen molar-refractivity contribution in [2.45, 2.75) is 0 Å². The van der Waals surface area contributed by atoms with Crippen molar-refractivity contribution in [3.05, 3.63) is 41.9 Å². The average Bonchev–Trinajstić information content (AvgIpc) is 3.11. The van der Waals surface area contributed by atoms with E-state index in [1.807, 2.05) is 35.7 Å². The molecule has 3 aromatic rings. The summed E-state index contributed by atoms with van der Waals surface area (Å²) in [6.45, 7) is 0.0532. The maximum atomic E-state index is 11.4. The van der Waals surface area contributed by atoms with Crippen LogP contribution in [0.1, 0.15) is 0 Å². The van der Waals surface area contributed by atoms with Crippen molar-refractivity contribution in [1.29, 1.82) is 0 Å². The van der Waals surface area contributed by atoms with E-state index in [0.717, 1.165) is 21.8 Å². The Morgan fingerprint density at radius 2 is 2.12 bits per heavy atom. The first-order chi connectivity index (χ1) is 11.7. The highest BCUT2D eigenvalue weighted by atomic mass is 32.1. The SMILES string of the molecule is COc1ccc(-c2nc(-c3ccc4c(c3)NC(=O)CO4)cs2)cn1. The minimum Gasteiger partial charge on any atom is -0.482 e. The fourth-order valence-electron chi connectivity index (χ4n) is 2.41. The van der Waals surface area contributed by atoms with Crippen molar-refractivity contribution in [3.63, 3.8) is 0 Å². The third-order valence-corrected chi connectivity index (χ3v) is 4.50. The van der Waals surface area contributed by atoms with Crippen LogP contribution in [0.3, 0.4) is 0 Å². The number of thiazole rings is 1. The quantitative estimate of drug-likeness (QED) is 0.793. The molecule has 1 aliphatic heterocycles. The second kappa shape index (κ2) is 5.93. The Morgan fingerprint density at radius 1 is 1.25 bits per heavy atom. The summed E-state index contributed by atoms with van der Waals surface area (Å²) in [5.74, 6) is 1.09. The minimum atomic E-state index is -0.150. The molecule has 0 atom stereocenters. The summed E-state index contributed by atoms with van der Waals surface area (Å²) < 4.78 is 10.4. The number of nitrogens with zero attached hydrogens (tertiary/aromatic N) is 2. The zero-order valence-corrected chi connectivity index (χ0v) is 13.6. The highest BCUT2D eigenvalue weighted by molar-refractivity contribution is 7.13. The smallest absolute Gasteiger partial charge is 0.262 e. The summed E-state index contributed by atoms with van der Waals surface area (Å²) in [6, 6.07) is 9.38. The van der Waals surface area contributed by atoms with Crippen molar-refractivity contribution in [2.75, 3.05) is 19.0 Å². The molecule has 0 radical (unpaired) electrons. The molecule has 1 N–H and O–H groups in total. The van der Waals surface area contributed by atoms with E-state index in [-0.39, 0.29) is 12.5 Å². The number of carbonyl (C=O) groups excluding carboxylic acids is 1. The zero-order chi connectivity index (χ0) is 16.5. The Bertz CT molecular complexity index is 906. The Labute approximate surface area is 142 Å². The van der Waals surface area contributed by atoms with Crippen molar-refractivity contribution < 1.29 is 14.3 Å². The monoisotopic (exact) mass is 339 g/mol. The highest BCUT2D eigenvalue weighted by Gasteiger charge is 2.17. The number of rotatable bonds is 3. The lowest BCUT2D eigenvalue weighted by atomic mass is 10.1. The van der Waals surface area contributed by atoms with Gasteiger partial charge in [-0.15, -0.1) is 11.3 Å². The number of fused-ring (bicyclic) bond motifs is 1. The van der Waals surface area contributed by atoms with Gasteiger partial charge in [-0.25, -0.2) is 9.97 Å². The van der Waals surface area contributed by atoms with Crippen LogP contribution < -0.4 is 14.8 Å². The maximum Gasteiger partial charge on any atom is 0.262 e. The summed E-state index contributed by atoms with van der Waals surface area (Å²) in [6.07, 6.45) is 1.74. The van der Waals surface area contributed by atoms with Crippen LogP contribution in [0.4, 0.5) is 5.69 Å². The molecule has 2 aromatic heterocycles. The molecule has 0 saturated carbocycles. The highest BCUT2D eigenvalue weighted by Crippen LogP contribution is 2.34. The fraction of sp³-hybridized carbons (Fsp3) is 0.118. The van der Waals surface area contributed by atoms with Crippen molar-refractivity contribution in [2.24, 2.45) is 0 Å². The van der Waals surface area contributed by atoms with E-state index in [2.05, 4.69) is 15.3 Å². The number of benzene rings is 1. The maximum absolute atomic E-state index is 11.4. The summed E-state index contributed by atoms with van der Waals surface area (Å²) in [7, 11) is 1.59. The number of anilines is 1. The second-order valence-corrected chi connectivity index (χ2v) is 6.03. The molecule has 1 aromatic carbocycles. The molecule has 0 fully saturated rings. The van der Waals surface area contributed by atoms with E-state index < -0.39 is 0 Å². The third kappa shape index (κ3) is 2.69. The standard InChI is InChI=1S/C17H13N3O3S/c1-22-16-5-3-11(7-18-16)17-20-13(9-24-17)10-2-4-14-12(6-10)19-15(21)8-23-14/h2-7,9H,8H2,1H3,(H,19,21). The van der Waals surface area contributed by atoms with Gasteiger partial charge in [-0.05, 0) is 24.3 Å². The van der Waals surface area contributed by atoms with Gasteiger partial charge in [0.1, 0.15) is 10.8 Å². The van der Waals surface area contributed by atoms with Gasteiger partial charge in [-0.3, -0.25) is 4.79 Å². The van der Waals surface area contributed by atoms with E-state index in [0.29, 0.717) is 17.3 Å². The van der Waals surface area contributed by atoms with Crippen LogP contribution in [0.15, 0.2) is 41.9 Å². The number of hydrogen-bond acceptors (Lipinski definition) is 6. The van der Waals surface area contributed by atoms with Crippen LogP contribution in [-0.2, 0) is 4.79 Å². The van der Waals surface area contributed by atoms with Gasteiger partial charge in [0.2, 0.25) is 5.88 Å². The van der Waals surface area contributed by atoms with Crippen LogP contribution >= 0.6 is 11.3 Å². The number of aromatic nitrogens is 2. The van der Waals surface area contributed by atoms with Crippen molar-refractivity contribution in [1.82, 2.24) is 9.97 Å².